The maximum Gasteiger partial charge on any atom is 0.151 e. The minimum atomic E-state index is -0.444. The molecule has 91 heavy (non-hydrogen) atoms. The zero-order valence-electron chi connectivity index (χ0n) is 58.6. The van der Waals surface area contributed by atoms with Gasteiger partial charge in [-0.15, -0.1) is 0 Å². The number of aromatic nitrogens is 2. The average Bonchev–Trinajstić information content (AvgIpc) is 1.65. The van der Waals surface area contributed by atoms with E-state index in [9.17, 15) is 10.2 Å². The van der Waals surface area contributed by atoms with E-state index in [0.717, 1.165) is 89.8 Å². The first-order valence-corrected chi connectivity index (χ1v) is 33.6. The molecule has 0 fully saturated rings. The SMILES string of the molecule is CC(C)(C)CC(C)(C)c1cc(OCCCOc2cc(C(C)(C)CC(C)(C)C)c(-c3cccc(Cl)c3)c(O)c2-n2c3ccc(C(C)(C)C)cc3c3cc(C(C)(C)C)ccc32)c(-n2c3ccc(C(C)(C)C)cc3c3cc(C(C)(C)C)ccc32)c(O)c1-c1cccc(Cl)c1. The summed E-state index contributed by atoms with van der Waals surface area (Å²) in [6, 6.07) is 47.2. The van der Waals surface area contributed by atoms with E-state index >= 15 is 0 Å². The first-order chi connectivity index (χ1) is 42.0. The summed E-state index contributed by atoms with van der Waals surface area (Å²) in [7, 11) is 0. The number of aromatic hydroxyl groups is 2. The number of phenols is 2. The number of phenolic OH excluding ortho intramolecular Hbond substituents is 2. The highest BCUT2D eigenvalue weighted by Gasteiger charge is 2.37. The van der Waals surface area contributed by atoms with E-state index in [1.165, 1.54) is 22.3 Å². The molecule has 2 heterocycles. The molecule has 0 saturated heterocycles. The van der Waals surface area contributed by atoms with Crippen molar-refractivity contribution in [3.63, 3.8) is 0 Å². The molecule has 0 bridgehead atoms. The highest BCUT2D eigenvalue weighted by molar-refractivity contribution is 6.31. The smallest absolute Gasteiger partial charge is 0.151 e. The predicted molar refractivity (Wildman–Crippen MR) is 390 cm³/mol. The molecule has 0 atom stereocenters. The standard InChI is InChI=1S/C83H100Cl2N2O4/c1-76(2,3)48-82(19,20)62-46-68(72(74(88)70(62)50-26-23-28-56(84)40-50)86-64-34-30-52(78(7,8)9)42-58(64)59-43-53(79(10,11)12)31-35-65(59)86)90-38-25-39-91-69-47-63(83(21,22)49-77(4,5)6)71(51-27-24-29-57(85)41-51)75(89)73(69)87-66-36-32-54(80(13,14)15)44-60(66)61-45-55(81(16,17)18)33-37-67(61)87/h23-24,26-37,40-47,88-89H,25,38-39,48-49H2,1-22H3. The number of halogens is 2. The number of hydrogen-bond donors (Lipinski definition) is 2. The fourth-order valence-corrected chi connectivity index (χ4v) is 14.9. The maximum absolute atomic E-state index is 13.7. The molecule has 8 heteroatoms. The van der Waals surface area contributed by atoms with E-state index in [2.05, 4.69) is 246 Å². The van der Waals surface area contributed by atoms with Gasteiger partial charge in [-0.2, -0.15) is 0 Å². The molecule has 0 aliphatic rings. The van der Waals surface area contributed by atoms with E-state index < -0.39 is 10.8 Å². The van der Waals surface area contributed by atoms with Crippen molar-refractivity contribution in [1.82, 2.24) is 9.13 Å². The molecule has 10 rings (SSSR count). The number of benzene rings is 8. The van der Waals surface area contributed by atoms with Crippen LogP contribution >= 0.6 is 23.2 Å². The molecule has 10 aromatic rings. The molecule has 0 aliphatic carbocycles. The van der Waals surface area contributed by atoms with E-state index in [-0.39, 0.29) is 57.2 Å². The molecule has 0 saturated carbocycles. The Morgan fingerprint density at radius 2 is 0.648 bits per heavy atom. The second-order valence-electron chi connectivity index (χ2n) is 33.9. The molecule has 0 aliphatic heterocycles. The van der Waals surface area contributed by atoms with Crippen molar-refractivity contribution in [2.24, 2.45) is 10.8 Å². The molecule has 2 aromatic heterocycles. The summed E-state index contributed by atoms with van der Waals surface area (Å²) in [5.41, 5.74) is 13.4. The molecule has 0 spiro atoms. The summed E-state index contributed by atoms with van der Waals surface area (Å²) < 4.78 is 19.0. The fourth-order valence-electron chi connectivity index (χ4n) is 14.5. The summed E-state index contributed by atoms with van der Waals surface area (Å²) in [6.45, 7) is 50.3. The lowest BCUT2D eigenvalue weighted by molar-refractivity contribution is 0.243. The zero-order chi connectivity index (χ0) is 66.7. The Bertz CT molecular complexity index is 4000. The third kappa shape index (κ3) is 13.5. The Morgan fingerprint density at radius 3 is 0.901 bits per heavy atom. The van der Waals surface area contributed by atoms with Gasteiger partial charge in [0.2, 0.25) is 0 Å². The Kier molecular flexibility index (Phi) is 17.4. The van der Waals surface area contributed by atoms with Gasteiger partial charge in [-0.1, -0.05) is 224 Å². The minimum Gasteiger partial charge on any atom is -0.505 e. The van der Waals surface area contributed by atoms with Gasteiger partial charge in [0.15, 0.2) is 11.5 Å². The van der Waals surface area contributed by atoms with Crippen molar-refractivity contribution >= 4 is 66.8 Å². The van der Waals surface area contributed by atoms with Crippen LogP contribution in [0.15, 0.2) is 133 Å². The van der Waals surface area contributed by atoms with Gasteiger partial charge in [-0.25, -0.2) is 0 Å². The lowest BCUT2D eigenvalue weighted by Gasteiger charge is -2.36. The molecule has 6 nitrogen and oxygen atoms in total. The van der Waals surface area contributed by atoms with Crippen LogP contribution in [-0.4, -0.2) is 32.6 Å². The first kappa shape index (κ1) is 67.0. The van der Waals surface area contributed by atoms with Crippen molar-refractivity contribution in [2.45, 2.75) is 204 Å². The van der Waals surface area contributed by atoms with Crippen LogP contribution in [0, 0.1) is 10.8 Å². The number of rotatable bonds is 14. The van der Waals surface area contributed by atoms with E-state index in [1.54, 1.807) is 0 Å². The molecule has 8 aromatic carbocycles. The minimum absolute atomic E-state index is 0.0600. The Balaban J connectivity index is 1.18. The first-order valence-electron chi connectivity index (χ1n) is 32.8. The van der Waals surface area contributed by atoms with Gasteiger partial charge >= 0.3 is 0 Å². The topological polar surface area (TPSA) is 68.8 Å². The number of ether oxygens (including phenoxy) is 2. The van der Waals surface area contributed by atoms with Crippen molar-refractivity contribution in [1.29, 1.82) is 0 Å². The highest BCUT2D eigenvalue weighted by atomic mass is 35.5. The van der Waals surface area contributed by atoms with Crippen molar-refractivity contribution in [3.8, 4) is 56.6 Å². The Labute approximate surface area is 553 Å². The van der Waals surface area contributed by atoms with Gasteiger partial charge in [-0.05, 0) is 186 Å². The second kappa shape index (κ2) is 23.6. The second-order valence-corrected chi connectivity index (χ2v) is 34.8. The predicted octanol–water partition coefficient (Wildman–Crippen LogP) is 24.4. The molecule has 2 N–H and O–H groups in total. The number of hydrogen-bond acceptors (Lipinski definition) is 4. The van der Waals surface area contributed by atoms with Crippen LogP contribution in [-0.2, 0) is 32.5 Å². The quantitative estimate of drug-likeness (QED) is 0.106. The Morgan fingerprint density at radius 1 is 0.363 bits per heavy atom. The zero-order valence-corrected chi connectivity index (χ0v) is 60.1. The third-order valence-electron chi connectivity index (χ3n) is 18.4. The van der Waals surface area contributed by atoms with E-state index in [4.69, 9.17) is 32.7 Å². The largest absolute Gasteiger partial charge is 0.505 e. The van der Waals surface area contributed by atoms with Crippen LogP contribution in [0.4, 0.5) is 0 Å². The summed E-state index contributed by atoms with van der Waals surface area (Å²) >= 11 is 13.8. The van der Waals surface area contributed by atoms with Gasteiger partial charge in [0, 0.05) is 49.1 Å². The normalized spacial score (nSPS) is 13.4. The van der Waals surface area contributed by atoms with Crippen LogP contribution in [0.5, 0.6) is 23.0 Å². The molecular formula is C83H100Cl2N2O4. The molecular weight excluding hydrogens is 1160 g/mol. The third-order valence-corrected chi connectivity index (χ3v) is 18.8. The average molecular weight is 1260 g/mol. The van der Waals surface area contributed by atoms with Gasteiger partial charge in [0.1, 0.15) is 22.9 Å². The fraction of sp³-hybridized carbons (Fsp3) is 0.422. The van der Waals surface area contributed by atoms with Crippen LogP contribution < -0.4 is 9.47 Å². The van der Waals surface area contributed by atoms with Crippen LogP contribution in [0.3, 0.4) is 0 Å². The number of nitrogens with zero attached hydrogens (tertiary/aromatic N) is 2. The van der Waals surface area contributed by atoms with E-state index in [1.807, 2.05) is 48.5 Å². The molecule has 0 radical (unpaired) electrons. The summed E-state index contributed by atoms with van der Waals surface area (Å²) in [5.74, 6) is 1.35. The van der Waals surface area contributed by atoms with Gasteiger partial charge in [-0.3, -0.25) is 0 Å². The van der Waals surface area contributed by atoms with Gasteiger partial charge < -0.3 is 28.8 Å². The highest BCUT2D eigenvalue weighted by Crippen LogP contribution is 2.55. The van der Waals surface area contributed by atoms with Crippen molar-refractivity contribution in [3.05, 3.63) is 177 Å². The maximum atomic E-state index is 13.7. The van der Waals surface area contributed by atoms with Crippen molar-refractivity contribution in [2.75, 3.05) is 13.2 Å². The Hall–Kier alpha value is -6.86. The molecule has 0 unspecified atom stereocenters. The molecule has 480 valence electrons. The van der Waals surface area contributed by atoms with Crippen LogP contribution in [0.2, 0.25) is 10.0 Å². The lowest BCUT2D eigenvalue weighted by atomic mass is 9.70. The van der Waals surface area contributed by atoms with Gasteiger partial charge in [0.25, 0.3) is 0 Å². The monoisotopic (exact) mass is 1260 g/mol. The number of fused-ring (bicyclic) bond motifs is 6. The molecule has 0 amide bonds. The van der Waals surface area contributed by atoms with Gasteiger partial charge in [0.05, 0.1) is 35.3 Å². The van der Waals surface area contributed by atoms with Crippen LogP contribution in [0.1, 0.15) is 205 Å². The summed E-state index contributed by atoms with van der Waals surface area (Å²) in [4.78, 5) is 0. The van der Waals surface area contributed by atoms with Crippen LogP contribution in [0.25, 0.3) is 77.2 Å². The lowest BCUT2D eigenvalue weighted by Crippen LogP contribution is -2.26. The summed E-state index contributed by atoms with van der Waals surface area (Å²) in [6.07, 6.45) is 2.10. The van der Waals surface area contributed by atoms with E-state index in [0.29, 0.717) is 39.3 Å². The van der Waals surface area contributed by atoms with Crippen molar-refractivity contribution < 1.29 is 19.7 Å². The summed E-state index contributed by atoms with van der Waals surface area (Å²) in [5, 5.41) is 32.9.